The number of halogens is 1. The molecular weight excluding hydrogens is 316 g/mol. The van der Waals surface area contributed by atoms with Gasteiger partial charge < -0.3 is 14.2 Å². The predicted molar refractivity (Wildman–Crippen MR) is 87.3 cm³/mol. The Kier molecular flexibility index (Phi) is 4.18. The minimum Gasteiger partial charge on any atom is -0.457 e. The van der Waals surface area contributed by atoms with Gasteiger partial charge in [0.05, 0.1) is 10.6 Å². The Bertz CT molecular complexity index is 760. The van der Waals surface area contributed by atoms with E-state index in [2.05, 4.69) is 0 Å². The molecule has 0 aromatic heterocycles. The summed E-state index contributed by atoms with van der Waals surface area (Å²) in [6.45, 7) is 6.10. The number of carbonyl (C=O) groups is 1. The summed E-state index contributed by atoms with van der Waals surface area (Å²) >= 11 is 6.13. The van der Waals surface area contributed by atoms with Gasteiger partial charge in [-0.15, -0.1) is 0 Å². The molecule has 3 rings (SSSR count). The Morgan fingerprint density at radius 3 is 2.52 bits per heavy atom. The lowest BCUT2D eigenvalue weighted by atomic mass is 10.00. The maximum atomic E-state index is 12.4. The van der Waals surface area contributed by atoms with Crippen molar-refractivity contribution in [2.75, 3.05) is 6.79 Å². The Balaban J connectivity index is 1.77. The second-order valence-electron chi connectivity index (χ2n) is 5.66. The van der Waals surface area contributed by atoms with Crippen LogP contribution in [-0.4, -0.2) is 12.8 Å². The number of aryl methyl sites for hydroxylation is 3. The van der Waals surface area contributed by atoms with E-state index >= 15 is 0 Å². The summed E-state index contributed by atoms with van der Waals surface area (Å²) < 4.78 is 16.0. The summed E-state index contributed by atoms with van der Waals surface area (Å²) in [7, 11) is 0. The Morgan fingerprint density at radius 1 is 1.13 bits per heavy atom. The standard InChI is InChI=1S/C18H17ClO4/c1-10-4-11(2)16(12(3)5-10)18(20)21-8-13-6-14(19)17-15(7-13)22-9-23-17/h4-7H,8-9H2,1-3H3. The third kappa shape index (κ3) is 3.13. The van der Waals surface area contributed by atoms with Gasteiger partial charge in [0.1, 0.15) is 6.61 Å². The molecule has 5 heteroatoms. The van der Waals surface area contributed by atoms with Crippen molar-refractivity contribution in [2.45, 2.75) is 27.4 Å². The first-order chi connectivity index (χ1) is 11.0. The van der Waals surface area contributed by atoms with Crippen molar-refractivity contribution >= 4 is 17.6 Å². The van der Waals surface area contributed by atoms with Crippen LogP contribution in [-0.2, 0) is 11.3 Å². The summed E-state index contributed by atoms with van der Waals surface area (Å²) in [4.78, 5) is 12.4. The molecule has 1 aliphatic rings. The fraction of sp³-hybridized carbons (Fsp3) is 0.278. The minimum absolute atomic E-state index is 0.127. The molecule has 0 unspecified atom stereocenters. The highest BCUT2D eigenvalue weighted by atomic mass is 35.5. The van der Waals surface area contributed by atoms with E-state index in [-0.39, 0.29) is 19.4 Å². The van der Waals surface area contributed by atoms with Crippen molar-refractivity contribution in [3.8, 4) is 11.5 Å². The Morgan fingerprint density at radius 2 is 1.83 bits per heavy atom. The van der Waals surface area contributed by atoms with Gasteiger partial charge in [-0.05, 0) is 49.6 Å². The van der Waals surface area contributed by atoms with Gasteiger partial charge in [-0.3, -0.25) is 0 Å². The van der Waals surface area contributed by atoms with Gasteiger partial charge in [0, 0.05) is 0 Å². The molecule has 0 atom stereocenters. The van der Waals surface area contributed by atoms with Crippen molar-refractivity contribution in [1.29, 1.82) is 0 Å². The molecule has 0 bridgehead atoms. The van der Waals surface area contributed by atoms with Gasteiger partial charge in [-0.2, -0.15) is 0 Å². The molecule has 0 saturated heterocycles. The first kappa shape index (κ1) is 15.7. The normalized spacial score (nSPS) is 12.3. The second-order valence-corrected chi connectivity index (χ2v) is 6.07. The van der Waals surface area contributed by atoms with E-state index in [1.165, 1.54) is 0 Å². The van der Waals surface area contributed by atoms with E-state index in [0.29, 0.717) is 22.1 Å². The quantitative estimate of drug-likeness (QED) is 0.784. The first-order valence-corrected chi connectivity index (χ1v) is 7.66. The molecule has 2 aromatic carbocycles. The Hall–Kier alpha value is -2.20. The van der Waals surface area contributed by atoms with Crippen LogP contribution in [0, 0.1) is 20.8 Å². The zero-order chi connectivity index (χ0) is 16.6. The lowest BCUT2D eigenvalue weighted by molar-refractivity contribution is 0.0470. The molecule has 4 nitrogen and oxygen atoms in total. The number of esters is 1. The summed E-state index contributed by atoms with van der Waals surface area (Å²) in [6.07, 6.45) is 0. The third-order valence-electron chi connectivity index (χ3n) is 3.74. The van der Waals surface area contributed by atoms with Crippen molar-refractivity contribution < 1.29 is 19.0 Å². The van der Waals surface area contributed by atoms with E-state index in [1.807, 2.05) is 32.9 Å². The first-order valence-electron chi connectivity index (χ1n) is 7.28. The molecular formula is C18H17ClO4. The third-order valence-corrected chi connectivity index (χ3v) is 4.02. The van der Waals surface area contributed by atoms with Crippen LogP contribution in [0.15, 0.2) is 24.3 Å². The fourth-order valence-corrected chi connectivity index (χ4v) is 3.11. The largest absolute Gasteiger partial charge is 0.457 e. The van der Waals surface area contributed by atoms with Crippen LogP contribution in [0.4, 0.5) is 0 Å². The second kappa shape index (κ2) is 6.13. The molecule has 2 aromatic rings. The van der Waals surface area contributed by atoms with E-state index in [0.717, 1.165) is 22.3 Å². The summed E-state index contributed by atoms with van der Waals surface area (Å²) in [5, 5.41) is 0.453. The highest BCUT2D eigenvalue weighted by molar-refractivity contribution is 6.32. The number of ether oxygens (including phenoxy) is 3. The van der Waals surface area contributed by atoms with Crippen LogP contribution in [0.2, 0.25) is 5.02 Å². The molecule has 1 heterocycles. The number of rotatable bonds is 3. The van der Waals surface area contributed by atoms with E-state index < -0.39 is 0 Å². The van der Waals surface area contributed by atoms with Crippen molar-refractivity contribution in [2.24, 2.45) is 0 Å². The topological polar surface area (TPSA) is 44.8 Å². The van der Waals surface area contributed by atoms with Gasteiger partial charge in [-0.25, -0.2) is 4.79 Å². The maximum absolute atomic E-state index is 12.4. The zero-order valence-corrected chi connectivity index (χ0v) is 14.0. The summed E-state index contributed by atoms with van der Waals surface area (Å²) in [6, 6.07) is 7.44. The maximum Gasteiger partial charge on any atom is 0.339 e. The number of carbonyl (C=O) groups excluding carboxylic acids is 1. The molecule has 0 fully saturated rings. The number of hydrogen-bond acceptors (Lipinski definition) is 4. The van der Waals surface area contributed by atoms with Crippen LogP contribution in [0.5, 0.6) is 11.5 Å². The highest BCUT2D eigenvalue weighted by Crippen LogP contribution is 2.39. The van der Waals surface area contributed by atoms with Gasteiger partial charge in [0.2, 0.25) is 6.79 Å². The molecule has 0 spiro atoms. The van der Waals surface area contributed by atoms with Gasteiger partial charge >= 0.3 is 5.97 Å². The average Bonchev–Trinajstić information content (AvgIpc) is 2.93. The molecule has 23 heavy (non-hydrogen) atoms. The average molecular weight is 333 g/mol. The molecule has 0 amide bonds. The molecule has 120 valence electrons. The lowest BCUT2D eigenvalue weighted by Crippen LogP contribution is -2.09. The van der Waals surface area contributed by atoms with Crippen LogP contribution in [0.1, 0.15) is 32.6 Å². The number of fused-ring (bicyclic) bond motifs is 1. The highest BCUT2D eigenvalue weighted by Gasteiger charge is 2.19. The van der Waals surface area contributed by atoms with E-state index in [9.17, 15) is 4.79 Å². The summed E-state index contributed by atoms with van der Waals surface area (Å²) in [5.41, 5.74) is 4.32. The lowest BCUT2D eigenvalue weighted by Gasteiger charge is -2.11. The number of benzene rings is 2. The van der Waals surface area contributed by atoms with E-state index in [4.69, 9.17) is 25.8 Å². The van der Waals surface area contributed by atoms with Gasteiger partial charge in [-0.1, -0.05) is 29.3 Å². The molecule has 0 radical (unpaired) electrons. The van der Waals surface area contributed by atoms with Crippen LogP contribution < -0.4 is 9.47 Å². The summed E-state index contributed by atoms with van der Waals surface area (Å²) in [5.74, 6) is 0.770. The predicted octanol–water partition coefficient (Wildman–Crippen LogP) is 4.35. The zero-order valence-electron chi connectivity index (χ0n) is 13.2. The van der Waals surface area contributed by atoms with Gasteiger partial charge in [0.15, 0.2) is 11.5 Å². The monoisotopic (exact) mass is 332 g/mol. The number of hydrogen-bond donors (Lipinski definition) is 0. The fourth-order valence-electron chi connectivity index (χ4n) is 2.83. The van der Waals surface area contributed by atoms with Crippen molar-refractivity contribution in [3.05, 3.63) is 57.1 Å². The van der Waals surface area contributed by atoms with Crippen molar-refractivity contribution in [3.63, 3.8) is 0 Å². The van der Waals surface area contributed by atoms with Gasteiger partial charge in [0.25, 0.3) is 0 Å². The molecule has 1 aliphatic heterocycles. The Labute approximate surface area is 139 Å². The van der Waals surface area contributed by atoms with Crippen LogP contribution >= 0.6 is 11.6 Å². The van der Waals surface area contributed by atoms with E-state index in [1.54, 1.807) is 12.1 Å². The van der Waals surface area contributed by atoms with Crippen LogP contribution in [0.25, 0.3) is 0 Å². The SMILES string of the molecule is Cc1cc(C)c(C(=O)OCc2cc(Cl)c3c(c2)OCO3)c(C)c1. The minimum atomic E-state index is -0.339. The van der Waals surface area contributed by atoms with Crippen molar-refractivity contribution in [1.82, 2.24) is 0 Å². The smallest absolute Gasteiger partial charge is 0.339 e. The van der Waals surface area contributed by atoms with Crippen LogP contribution in [0.3, 0.4) is 0 Å². The molecule has 0 aliphatic carbocycles. The molecule has 0 N–H and O–H groups in total. The molecule has 0 saturated carbocycles.